The number of hydrogen-bond acceptors (Lipinski definition) is 1. The molecule has 1 aromatic rings. The molecule has 0 spiro atoms. The Bertz CT molecular complexity index is 297. The zero-order valence-corrected chi connectivity index (χ0v) is 8.88. The minimum atomic E-state index is -3.01. The fraction of sp³-hybridized carbons (Fsp3) is 0.333. The molecule has 78 valence electrons. The van der Waals surface area contributed by atoms with E-state index in [1.165, 1.54) is 24.3 Å². The van der Waals surface area contributed by atoms with E-state index in [4.69, 9.17) is 11.6 Å². The van der Waals surface area contributed by atoms with Gasteiger partial charge in [0.2, 0.25) is 5.00 Å². The summed E-state index contributed by atoms with van der Waals surface area (Å²) >= 11 is 6.08. The molecule has 1 atom stereocenters. The third-order valence-corrected chi connectivity index (χ3v) is 2.86. The first-order chi connectivity index (χ1) is 6.42. The maximum absolute atomic E-state index is 13.2. The second-order valence-corrected chi connectivity index (χ2v) is 4.75. The summed E-state index contributed by atoms with van der Waals surface area (Å²) < 4.78 is 37.5. The molecule has 0 radical (unpaired) electrons. The highest BCUT2D eigenvalue weighted by Crippen LogP contribution is 2.38. The summed E-state index contributed by atoms with van der Waals surface area (Å²) in [5.41, 5.74) is 0. The van der Waals surface area contributed by atoms with Crippen molar-refractivity contribution in [3.63, 3.8) is 0 Å². The Morgan fingerprint density at radius 1 is 1.29 bits per heavy atom. The lowest BCUT2D eigenvalue weighted by Gasteiger charge is -2.18. The first kappa shape index (κ1) is 11.7. The van der Waals surface area contributed by atoms with Gasteiger partial charge in [-0.1, -0.05) is 23.4 Å². The minimum Gasteiger partial charge on any atom is -0.226 e. The molecular weight excluding hydrogens is 233 g/mol. The lowest BCUT2D eigenvalue weighted by molar-refractivity contribution is 0.0385. The summed E-state index contributed by atoms with van der Waals surface area (Å²) in [6, 6.07) is 6.08. The van der Waals surface area contributed by atoms with Crippen LogP contribution in [-0.2, 0) is 0 Å². The van der Waals surface area contributed by atoms with Crippen LogP contribution in [0.4, 0.5) is 13.2 Å². The van der Waals surface area contributed by atoms with Crippen molar-refractivity contribution in [2.24, 2.45) is 0 Å². The van der Waals surface area contributed by atoms with Gasteiger partial charge in [-0.2, -0.15) is 0 Å². The third kappa shape index (κ3) is 3.10. The predicted octanol–water partition coefficient (Wildman–Crippen LogP) is 4.38. The predicted molar refractivity (Wildman–Crippen MR) is 52.8 cm³/mol. The monoisotopic (exact) mass is 240 g/mol. The first-order valence-corrected chi connectivity index (χ1v) is 5.03. The standard InChI is InChI=1S/C9H8ClF3S/c1-9(13,8(11)12)14-7-4-2-6(10)3-5-7/h2-5,8H,1H3. The molecule has 0 N–H and O–H groups in total. The van der Waals surface area contributed by atoms with E-state index in [1.807, 2.05) is 0 Å². The van der Waals surface area contributed by atoms with E-state index in [-0.39, 0.29) is 0 Å². The number of benzene rings is 1. The molecule has 0 heterocycles. The molecule has 0 bridgehead atoms. The second kappa shape index (κ2) is 4.45. The van der Waals surface area contributed by atoms with Crippen LogP contribution in [0.15, 0.2) is 29.2 Å². The average Bonchev–Trinajstić information content (AvgIpc) is 2.08. The van der Waals surface area contributed by atoms with Crippen LogP contribution in [0.2, 0.25) is 5.02 Å². The highest BCUT2D eigenvalue weighted by Gasteiger charge is 2.36. The van der Waals surface area contributed by atoms with Gasteiger partial charge >= 0.3 is 0 Å². The Hall–Kier alpha value is -0.350. The summed E-state index contributed by atoms with van der Waals surface area (Å²) in [7, 11) is 0. The highest BCUT2D eigenvalue weighted by molar-refractivity contribution is 8.00. The van der Waals surface area contributed by atoms with Gasteiger partial charge in [0.1, 0.15) is 0 Å². The van der Waals surface area contributed by atoms with Gasteiger partial charge in [-0.05, 0) is 31.2 Å². The van der Waals surface area contributed by atoms with Crippen LogP contribution in [-0.4, -0.2) is 11.4 Å². The summed E-state index contributed by atoms with van der Waals surface area (Å²) in [6.07, 6.45) is -3.01. The normalized spacial score (nSPS) is 15.6. The molecule has 0 saturated heterocycles. The quantitative estimate of drug-likeness (QED) is 0.707. The SMILES string of the molecule is CC(F)(Sc1ccc(Cl)cc1)C(F)F. The van der Waals surface area contributed by atoms with Crippen LogP contribution in [0.25, 0.3) is 0 Å². The van der Waals surface area contributed by atoms with Crippen molar-refractivity contribution >= 4 is 23.4 Å². The van der Waals surface area contributed by atoms with E-state index < -0.39 is 11.4 Å². The van der Waals surface area contributed by atoms with Gasteiger partial charge in [-0.25, -0.2) is 13.2 Å². The van der Waals surface area contributed by atoms with E-state index in [2.05, 4.69) is 0 Å². The zero-order valence-electron chi connectivity index (χ0n) is 7.31. The van der Waals surface area contributed by atoms with Crippen molar-refractivity contribution in [2.75, 3.05) is 0 Å². The number of hydrogen-bond donors (Lipinski definition) is 0. The topological polar surface area (TPSA) is 0 Å². The Kier molecular flexibility index (Phi) is 3.72. The van der Waals surface area contributed by atoms with Crippen LogP contribution in [0, 0.1) is 0 Å². The summed E-state index contributed by atoms with van der Waals surface area (Å²) in [4.78, 5) is 0.430. The number of rotatable bonds is 3. The van der Waals surface area contributed by atoms with Crippen molar-refractivity contribution in [3.8, 4) is 0 Å². The van der Waals surface area contributed by atoms with E-state index in [9.17, 15) is 13.2 Å². The summed E-state index contributed by atoms with van der Waals surface area (Å²) in [6.45, 7) is 0.858. The molecule has 0 fully saturated rings. The fourth-order valence-corrected chi connectivity index (χ4v) is 1.73. The molecule has 14 heavy (non-hydrogen) atoms. The molecule has 0 nitrogen and oxygen atoms in total. The minimum absolute atomic E-state index is 0.430. The van der Waals surface area contributed by atoms with E-state index in [0.717, 1.165) is 6.92 Å². The zero-order chi connectivity index (χ0) is 10.8. The molecule has 1 rings (SSSR count). The number of halogens is 4. The van der Waals surface area contributed by atoms with Crippen molar-refractivity contribution in [2.45, 2.75) is 23.2 Å². The molecule has 0 aliphatic carbocycles. The van der Waals surface area contributed by atoms with Gasteiger partial charge in [0.15, 0.2) is 0 Å². The van der Waals surface area contributed by atoms with Crippen molar-refractivity contribution in [1.29, 1.82) is 0 Å². The molecule has 0 aliphatic heterocycles. The second-order valence-electron chi connectivity index (χ2n) is 2.84. The molecular formula is C9H8ClF3S. The van der Waals surface area contributed by atoms with Gasteiger partial charge in [0.05, 0.1) is 0 Å². The van der Waals surface area contributed by atoms with Crippen LogP contribution < -0.4 is 0 Å². The van der Waals surface area contributed by atoms with Crippen molar-refractivity contribution in [1.82, 2.24) is 0 Å². The van der Waals surface area contributed by atoms with Gasteiger partial charge < -0.3 is 0 Å². The molecule has 0 amide bonds. The Balaban J connectivity index is 2.74. The van der Waals surface area contributed by atoms with Crippen LogP contribution >= 0.6 is 23.4 Å². The Labute approximate surface area is 89.4 Å². The highest BCUT2D eigenvalue weighted by atomic mass is 35.5. The largest absolute Gasteiger partial charge is 0.281 e. The molecule has 1 unspecified atom stereocenters. The molecule has 1 aromatic carbocycles. The van der Waals surface area contributed by atoms with Gasteiger partial charge in [-0.15, -0.1) is 0 Å². The lowest BCUT2D eigenvalue weighted by atomic mass is 10.4. The lowest BCUT2D eigenvalue weighted by Crippen LogP contribution is -2.23. The molecule has 5 heteroatoms. The maximum atomic E-state index is 13.2. The summed E-state index contributed by atoms with van der Waals surface area (Å²) in [5, 5.41) is -2.07. The number of alkyl halides is 3. The first-order valence-electron chi connectivity index (χ1n) is 3.83. The van der Waals surface area contributed by atoms with Crippen LogP contribution in [0.3, 0.4) is 0 Å². The molecule has 0 saturated carbocycles. The molecule has 0 aliphatic rings. The van der Waals surface area contributed by atoms with Gasteiger partial charge in [0.25, 0.3) is 6.43 Å². The summed E-state index contributed by atoms with van der Waals surface area (Å²) in [5.74, 6) is 0. The Morgan fingerprint density at radius 2 is 1.79 bits per heavy atom. The molecule has 0 aromatic heterocycles. The van der Waals surface area contributed by atoms with E-state index >= 15 is 0 Å². The third-order valence-electron chi connectivity index (χ3n) is 1.52. The van der Waals surface area contributed by atoms with E-state index in [0.29, 0.717) is 21.7 Å². The Morgan fingerprint density at radius 3 is 2.21 bits per heavy atom. The van der Waals surface area contributed by atoms with E-state index in [1.54, 1.807) is 0 Å². The van der Waals surface area contributed by atoms with Crippen LogP contribution in [0.5, 0.6) is 0 Å². The smallest absolute Gasteiger partial charge is 0.226 e. The van der Waals surface area contributed by atoms with Crippen molar-refractivity contribution < 1.29 is 13.2 Å². The average molecular weight is 241 g/mol. The van der Waals surface area contributed by atoms with Gasteiger partial charge in [-0.3, -0.25) is 0 Å². The maximum Gasteiger partial charge on any atom is 0.281 e. The number of thioether (sulfide) groups is 1. The fourth-order valence-electron chi connectivity index (χ4n) is 0.778. The van der Waals surface area contributed by atoms with Gasteiger partial charge in [0, 0.05) is 9.92 Å². The van der Waals surface area contributed by atoms with Crippen LogP contribution in [0.1, 0.15) is 6.92 Å². The van der Waals surface area contributed by atoms with Crippen molar-refractivity contribution in [3.05, 3.63) is 29.3 Å².